The van der Waals surface area contributed by atoms with Crippen LogP contribution in [-0.2, 0) is 13.5 Å². The number of nitrogens with zero attached hydrogens (tertiary/aromatic N) is 2. The highest BCUT2D eigenvalue weighted by Crippen LogP contribution is 2.24. The van der Waals surface area contributed by atoms with Gasteiger partial charge >= 0.3 is 0 Å². The molecule has 0 saturated heterocycles. The highest BCUT2D eigenvalue weighted by Gasteiger charge is 2.00. The Kier molecular flexibility index (Phi) is 3.68. The molecule has 0 saturated carbocycles. The second kappa shape index (κ2) is 5.23. The molecule has 3 N–H and O–H groups in total. The van der Waals surface area contributed by atoms with E-state index in [-0.39, 0.29) is 0 Å². The van der Waals surface area contributed by atoms with Gasteiger partial charge in [0, 0.05) is 35.6 Å². The maximum atomic E-state index is 5.68. The zero-order valence-corrected chi connectivity index (χ0v) is 11.2. The smallest absolute Gasteiger partial charge is 0.0522 e. The van der Waals surface area contributed by atoms with Gasteiger partial charge in [0.1, 0.15) is 0 Å². The molecule has 4 nitrogen and oxygen atoms in total. The monoisotopic (exact) mass is 294 g/mol. The van der Waals surface area contributed by atoms with Gasteiger partial charge in [-0.05, 0) is 46.1 Å². The molecule has 90 valence electrons. The molecule has 0 bridgehead atoms. The maximum Gasteiger partial charge on any atom is 0.0522 e. The van der Waals surface area contributed by atoms with Crippen molar-refractivity contribution in [3.63, 3.8) is 0 Å². The van der Waals surface area contributed by atoms with Crippen molar-refractivity contribution in [2.45, 2.75) is 6.42 Å². The van der Waals surface area contributed by atoms with Crippen LogP contribution in [0.25, 0.3) is 0 Å². The van der Waals surface area contributed by atoms with Crippen LogP contribution in [-0.4, -0.2) is 16.3 Å². The fourth-order valence-electron chi connectivity index (χ4n) is 1.62. The second-order valence-electron chi connectivity index (χ2n) is 3.94. The molecule has 1 aromatic carbocycles. The highest BCUT2D eigenvalue weighted by molar-refractivity contribution is 9.10. The highest BCUT2D eigenvalue weighted by atomic mass is 79.9. The molecule has 0 aliphatic heterocycles. The van der Waals surface area contributed by atoms with E-state index in [1.54, 1.807) is 0 Å². The maximum absolute atomic E-state index is 5.68. The van der Waals surface area contributed by atoms with Gasteiger partial charge in [-0.15, -0.1) is 0 Å². The molecule has 0 fully saturated rings. The van der Waals surface area contributed by atoms with Crippen LogP contribution in [0.5, 0.6) is 0 Å². The van der Waals surface area contributed by atoms with Crippen molar-refractivity contribution in [3.8, 4) is 0 Å². The Hall–Kier alpha value is -1.49. The molecule has 2 rings (SSSR count). The van der Waals surface area contributed by atoms with Crippen LogP contribution in [0.2, 0.25) is 0 Å². The van der Waals surface area contributed by atoms with Gasteiger partial charge in [-0.3, -0.25) is 4.68 Å². The minimum Gasteiger partial charge on any atom is -0.399 e. The Bertz CT molecular complexity index is 507. The first-order chi connectivity index (χ1) is 8.15. The van der Waals surface area contributed by atoms with Crippen molar-refractivity contribution in [1.29, 1.82) is 0 Å². The first-order valence-corrected chi connectivity index (χ1v) is 6.21. The lowest BCUT2D eigenvalue weighted by Crippen LogP contribution is -2.05. The molecule has 1 aromatic heterocycles. The third kappa shape index (κ3) is 3.23. The summed E-state index contributed by atoms with van der Waals surface area (Å²) in [6, 6.07) is 5.76. The molecule has 0 aliphatic rings. The number of rotatable bonds is 4. The lowest BCUT2D eigenvalue weighted by molar-refractivity contribution is 0.767. The van der Waals surface area contributed by atoms with Gasteiger partial charge < -0.3 is 11.1 Å². The molecule has 5 heteroatoms. The third-order valence-electron chi connectivity index (χ3n) is 2.48. The summed E-state index contributed by atoms with van der Waals surface area (Å²) in [6.07, 6.45) is 4.87. The average molecular weight is 295 g/mol. The molecular weight excluding hydrogens is 280 g/mol. The molecule has 0 amide bonds. The van der Waals surface area contributed by atoms with Gasteiger partial charge in [0.15, 0.2) is 0 Å². The van der Waals surface area contributed by atoms with E-state index in [9.17, 15) is 0 Å². The van der Waals surface area contributed by atoms with Crippen LogP contribution in [0.1, 0.15) is 5.56 Å². The first-order valence-electron chi connectivity index (χ1n) is 5.41. The minimum absolute atomic E-state index is 0.759. The van der Waals surface area contributed by atoms with Gasteiger partial charge in [-0.25, -0.2) is 0 Å². The SMILES string of the molecule is Cn1cc(CCNc2ccc(N)cc2Br)cn1. The van der Waals surface area contributed by atoms with Crippen molar-refractivity contribution in [2.75, 3.05) is 17.6 Å². The van der Waals surface area contributed by atoms with Crippen molar-refractivity contribution >= 4 is 27.3 Å². The summed E-state index contributed by atoms with van der Waals surface area (Å²) in [6.45, 7) is 0.869. The predicted octanol–water partition coefficient (Wildman–Crippen LogP) is 2.42. The van der Waals surface area contributed by atoms with Gasteiger partial charge in [0.25, 0.3) is 0 Å². The molecule has 0 aliphatic carbocycles. The van der Waals surface area contributed by atoms with Crippen molar-refractivity contribution in [2.24, 2.45) is 7.05 Å². The lowest BCUT2D eigenvalue weighted by atomic mass is 10.2. The Labute approximate surface area is 109 Å². The second-order valence-corrected chi connectivity index (χ2v) is 4.79. The fourth-order valence-corrected chi connectivity index (χ4v) is 2.15. The van der Waals surface area contributed by atoms with Crippen molar-refractivity contribution < 1.29 is 0 Å². The molecular formula is C12H15BrN4. The van der Waals surface area contributed by atoms with E-state index in [1.165, 1.54) is 5.56 Å². The normalized spacial score (nSPS) is 10.5. The summed E-state index contributed by atoms with van der Waals surface area (Å²) in [4.78, 5) is 0. The quantitative estimate of drug-likeness (QED) is 0.852. The zero-order chi connectivity index (χ0) is 12.3. The Balaban J connectivity index is 1.90. The number of hydrogen-bond donors (Lipinski definition) is 2. The van der Waals surface area contributed by atoms with Crippen LogP contribution in [0, 0.1) is 0 Å². The summed E-state index contributed by atoms with van der Waals surface area (Å²) >= 11 is 3.48. The molecule has 0 atom stereocenters. The Morgan fingerprint density at radius 1 is 1.47 bits per heavy atom. The van der Waals surface area contributed by atoms with Gasteiger partial charge in [0.05, 0.1) is 6.20 Å². The number of hydrogen-bond acceptors (Lipinski definition) is 3. The van der Waals surface area contributed by atoms with Crippen molar-refractivity contribution in [1.82, 2.24) is 9.78 Å². The van der Waals surface area contributed by atoms with Crippen LogP contribution in [0.4, 0.5) is 11.4 Å². The van der Waals surface area contributed by atoms with Crippen LogP contribution in [0.3, 0.4) is 0 Å². The summed E-state index contributed by atoms with van der Waals surface area (Å²) in [5.41, 5.74) is 8.73. The number of aromatic nitrogens is 2. The van der Waals surface area contributed by atoms with Gasteiger partial charge in [-0.2, -0.15) is 5.10 Å². The summed E-state index contributed by atoms with van der Waals surface area (Å²) < 4.78 is 2.80. The number of benzene rings is 1. The predicted molar refractivity (Wildman–Crippen MR) is 74.0 cm³/mol. The van der Waals surface area contributed by atoms with E-state index in [0.717, 1.165) is 28.8 Å². The molecule has 1 heterocycles. The third-order valence-corrected chi connectivity index (χ3v) is 3.14. The van der Waals surface area contributed by atoms with E-state index in [2.05, 4.69) is 26.3 Å². The van der Waals surface area contributed by atoms with Gasteiger partial charge in [0.2, 0.25) is 0 Å². The lowest BCUT2D eigenvalue weighted by Gasteiger charge is -2.08. The van der Waals surface area contributed by atoms with Crippen LogP contribution in [0.15, 0.2) is 35.1 Å². The number of nitrogens with two attached hydrogens (primary N) is 1. The van der Waals surface area contributed by atoms with E-state index < -0.39 is 0 Å². The minimum atomic E-state index is 0.759. The summed E-state index contributed by atoms with van der Waals surface area (Å²) in [5.74, 6) is 0. The molecule has 0 spiro atoms. The number of aryl methyl sites for hydroxylation is 1. The van der Waals surface area contributed by atoms with Crippen LogP contribution < -0.4 is 11.1 Å². The Morgan fingerprint density at radius 3 is 2.94 bits per heavy atom. The first kappa shape index (κ1) is 12.0. The standard InChI is InChI=1S/C12H15BrN4/c1-17-8-9(7-16-17)4-5-15-12-3-2-10(14)6-11(12)13/h2-3,6-8,15H,4-5,14H2,1H3. The summed E-state index contributed by atoms with van der Waals surface area (Å²) in [5, 5.41) is 7.49. The topological polar surface area (TPSA) is 55.9 Å². The molecule has 0 unspecified atom stereocenters. The fraction of sp³-hybridized carbons (Fsp3) is 0.250. The average Bonchev–Trinajstić information content (AvgIpc) is 2.68. The van der Waals surface area contributed by atoms with E-state index in [0.29, 0.717) is 0 Å². The number of nitrogen functional groups attached to an aromatic ring is 1. The van der Waals surface area contributed by atoms with Crippen LogP contribution >= 0.6 is 15.9 Å². The van der Waals surface area contributed by atoms with Crippen molar-refractivity contribution in [3.05, 3.63) is 40.6 Å². The van der Waals surface area contributed by atoms with Gasteiger partial charge in [-0.1, -0.05) is 0 Å². The van der Waals surface area contributed by atoms with E-state index >= 15 is 0 Å². The number of nitrogens with one attached hydrogen (secondary N) is 1. The Morgan fingerprint density at radius 2 is 2.29 bits per heavy atom. The number of halogens is 1. The van der Waals surface area contributed by atoms with E-state index in [1.807, 2.05) is 42.3 Å². The molecule has 17 heavy (non-hydrogen) atoms. The van der Waals surface area contributed by atoms with E-state index in [4.69, 9.17) is 5.73 Å². The zero-order valence-electron chi connectivity index (χ0n) is 9.65. The summed E-state index contributed by atoms with van der Waals surface area (Å²) in [7, 11) is 1.92. The number of anilines is 2. The largest absolute Gasteiger partial charge is 0.399 e. The molecule has 0 radical (unpaired) electrons. The molecule has 2 aromatic rings.